The molecule has 0 aliphatic rings. The molecule has 0 heterocycles. The maximum Gasteiger partial charge on any atom is 0.573 e. The Morgan fingerprint density at radius 3 is 2.05 bits per heavy atom. The number of hydrogen-bond acceptors (Lipinski definition) is 1. The standard InChI is InChI=1S/C14H18BrF3O/c1-13(2,3)12(15)9-6-10-4-7-11(8-5-10)19-14(16,17)18/h4-5,7-8,12H,6,9H2,1-3H3. The van der Waals surface area contributed by atoms with Crippen molar-refractivity contribution < 1.29 is 17.9 Å². The SMILES string of the molecule is CC(C)(C)C(Br)CCc1ccc(OC(F)(F)F)cc1. The third kappa shape index (κ3) is 6.32. The summed E-state index contributed by atoms with van der Waals surface area (Å²) < 4.78 is 39.8. The van der Waals surface area contributed by atoms with Gasteiger partial charge in [-0.15, -0.1) is 13.2 Å². The van der Waals surface area contributed by atoms with Crippen molar-refractivity contribution >= 4 is 15.9 Å². The van der Waals surface area contributed by atoms with Gasteiger partial charge < -0.3 is 4.74 Å². The summed E-state index contributed by atoms with van der Waals surface area (Å²) in [5, 5.41) is 0. The fourth-order valence-corrected chi connectivity index (χ4v) is 1.81. The third-order valence-electron chi connectivity index (χ3n) is 2.78. The lowest BCUT2D eigenvalue weighted by molar-refractivity contribution is -0.274. The number of halogens is 4. The van der Waals surface area contributed by atoms with Gasteiger partial charge in [0.1, 0.15) is 5.75 Å². The normalized spacial score (nSPS) is 14.3. The highest BCUT2D eigenvalue weighted by molar-refractivity contribution is 9.09. The molecule has 1 atom stereocenters. The molecule has 0 fully saturated rings. The first kappa shape index (κ1) is 16.3. The van der Waals surface area contributed by atoms with E-state index < -0.39 is 6.36 Å². The summed E-state index contributed by atoms with van der Waals surface area (Å²) in [5.41, 5.74) is 1.17. The highest BCUT2D eigenvalue weighted by Gasteiger charge is 2.31. The van der Waals surface area contributed by atoms with Gasteiger partial charge in [0.15, 0.2) is 0 Å². The van der Waals surface area contributed by atoms with Crippen LogP contribution in [0.15, 0.2) is 24.3 Å². The van der Waals surface area contributed by atoms with Crippen molar-refractivity contribution in [3.63, 3.8) is 0 Å². The summed E-state index contributed by atoms with van der Waals surface area (Å²) in [5.74, 6) is -0.178. The fourth-order valence-electron chi connectivity index (χ4n) is 1.58. The molecule has 108 valence electrons. The quantitative estimate of drug-likeness (QED) is 0.674. The summed E-state index contributed by atoms with van der Waals surface area (Å²) >= 11 is 3.64. The minimum Gasteiger partial charge on any atom is -0.406 e. The van der Waals surface area contributed by atoms with Gasteiger partial charge in [0.25, 0.3) is 0 Å². The molecular formula is C14H18BrF3O. The molecule has 0 aromatic heterocycles. The lowest BCUT2D eigenvalue weighted by Gasteiger charge is -2.25. The first-order valence-corrected chi connectivity index (χ1v) is 6.98. The van der Waals surface area contributed by atoms with Crippen LogP contribution in [0.2, 0.25) is 0 Å². The average Bonchev–Trinajstić information content (AvgIpc) is 2.24. The molecule has 0 N–H and O–H groups in total. The second kappa shape index (κ2) is 6.16. The predicted octanol–water partition coefficient (Wildman–Crippen LogP) is 5.33. The highest BCUT2D eigenvalue weighted by atomic mass is 79.9. The Balaban J connectivity index is 2.54. The van der Waals surface area contributed by atoms with Gasteiger partial charge in [-0.1, -0.05) is 48.8 Å². The van der Waals surface area contributed by atoms with E-state index in [1.54, 1.807) is 12.1 Å². The smallest absolute Gasteiger partial charge is 0.406 e. The maximum atomic E-state index is 12.0. The van der Waals surface area contributed by atoms with E-state index in [4.69, 9.17) is 0 Å². The number of ether oxygens (including phenoxy) is 1. The Bertz CT molecular complexity index is 393. The van der Waals surface area contributed by atoms with Crippen LogP contribution in [0.1, 0.15) is 32.8 Å². The van der Waals surface area contributed by atoms with Crippen molar-refractivity contribution in [2.75, 3.05) is 0 Å². The van der Waals surface area contributed by atoms with Gasteiger partial charge in [0.2, 0.25) is 0 Å². The summed E-state index contributed by atoms with van der Waals surface area (Å²) in [6, 6.07) is 6.04. The van der Waals surface area contributed by atoms with Crippen LogP contribution in [0.25, 0.3) is 0 Å². The van der Waals surface area contributed by atoms with E-state index in [1.807, 2.05) is 0 Å². The minimum atomic E-state index is -4.63. The molecule has 1 unspecified atom stereocenters. The van der Waals surface area contributed by atoms with Gasteiger partial charge in [-0.3, -0.25) is 0 Å². The van der Waals surface area contributed by atoms with E-state index in [1.165, 1.54) is 12.1 Å². The van der Waals surface area contributed by atoms with Crippen molar-refractivity contribution in [2.24, 2.45) is 5.41 Å². The molecule has 0 radical (unpaired) electrons. The minimum absolute atomic E-state index is 0.166. The first-order chi connectivity index (χ1) is 8.58. The van der Waals surface area contributed by atoms with E-state index >= 15 is 0 Å². The molecule has 1 rings (SSSR count). The van der Waals surface area contributed by atoms with E-state index in [-0.39, 0.29) is 11.2 Å². The number of hydrogen-bond donors (Lipinski definition) is 0. The highest BCUT2D eigenvalue weighted by Crippen LogP contribution is 2.30. The lowest BCUT2D eigenvalue weighted by Crippen LogP contribution is -2.20. The van der Waals surface area contributed by atoms with Gasteiger partial charge in [-0.05, 0) is 36.0 Å². The van der Waals surface area contributed by atoms with Crippen LogP contribution in [-0.4, -0.2) is 11.2 Å². The van der Waals surface area contributed by atoms with Crippen molar-refractivity contribution in [3.8, 4) is 5.75 Å². The molecule has 5 heteroatoms. The molecule has 0 aliphatic carbocycles. The summed E-state index contributed by atoms with van der Waals surface area (Å²) in [6.45, 7) is 6.44. The zero-order valence-corrected chi connectivity index (χ0v) is 12.8. The van der Waals surface area contributed by atoms with Crippen molar-refractivity contribution in [1.29, 1.82) is 0 Å². The molecule has 1 aromatic rings. The van der Waals surface area contributed by atoms with Crippen LogP contribution in [0.4, 0.5) is 13.2 Å². The second-order valence-corrected chi connectivity index (χ2v) is 6.67. The van der Waals surface area contributed by atoms with E-state index in [0.29, 0.717) is 4.83 Å². The molecule has 1 aromatic carbocycles. The molecule has 0 aliphatic heterocycles. The summed E-state index contributed by atoms with van der Waals surface area (Å²) in [6.07, 6.45) is -2.88. The zero-order valence-electron chi connectivity index (χ0n) is 11.2. The number of aryl methyl sites for hydroxylation is 1. The average molecular weight is 339 g/mol. The van der Waals surface area contributed by atoms with Gasteiger partial charge in [-0.2, -0.15) is 0 Å². The van der Waals surface area contributed by atoms with E-state index in [2.05, 4.69) is 41.4 Å². The monoisotopic (exact) mass is 338 g/mol. The largest absolute Gasteiger partial charge is 0.573 e. The summed E-state index contributed by atoms with van der Waals surface area (Å²) in [4.78, 5) is 0.367. The van der Waals surface area contributed by atoms with Crippen LogP contribution < -0.4 is 4.74 Å². The molecule has 0 amide bonds. The third-order valence-corrected chi connectivity index (χ3v) is 4.61. The Hall–Kier alpha value is -0.710. The predicted molar refractivity (Wildman–Crippen MR) is 73.6 cm³/mol. The lowest BCUT2D eigenvalue weighted by atomic mass is 9.89. The van der Waals surface area contributed by atoms with Crippen LogP contribution >= 0.6 is 15.9 Å². The zero-order chi connectivity index (χ0) is 14.7. The van der Waals surface area contributed by atoms with Crippen molar-refractivity contribution in [1.82, 2.24) is 0 Å². The number of alkyl halides is 4. The molecule has 0 spiro atoms. The van der Waals surface area contributed by atoms with E-state index in [0.717, 1.165) is 18.4 Å². The number of rotatable bonds is 4. The molecule has 19 heavy (non-hydrogen) atoms. The Morgan fingerprint density at radius 2 is 1.63 bits per heavy atom. The molecule has 0 saturated heterocycles. The molecule has 0 bridgehead atoms. The molecule has 0 saturated carbocycles. The topological polar surface area (TPSA) is 9.23 Å². The Kier molecular flexibility index (Phi) is 5.30. The van der Waals surface area contributed by atoms with Crippen LogP contribution in [0.5, 0.6) is 5.75 Å². The second-order valence-electron chi connectivity index (χ2n) is 5.56. The van der Waals surface area contributed by atoms with Gasteiger partial charge in [-0.25, -0.2) is 0 Å². The maximum absolute atomic E-state index is 12.0. The Labute approximate surface area is 120 Å². The molecule has 1 nitrogen and oxygen atoms in total. The summed E-state index contributed by atoms with van der Waals surface area (Å²) in [7, 11) is 0. The van der Waals surface area contributed by atoms with Crippen LogP contribution in [-0.2, 0) is 6.42 Å². The molecular weight excluding hydrogens is 321 g/mol. The fraction of sp³-hybridized carbons (Fsp3) is 0.571. The van der Waals surface area contributed by atoms with Crippen molar-refractivity contribution in [2.45, 2.75) is 44.8 Å². The Morgan fingerprint density at radius 1 is 1.11 bits per heavy atom. The van der Waals surface area contributed by atoms with Crippen LogP contribution in [0.3, 0.4) is 0 Å². The van der Waals surface area contributed by atoms with Crippen molar-refractivity contribution in [3.05, 3.63) is 29.8 Å². The van der Waals surface area contributed by atoms with E-state index in [9.17, 15) is 13.2 Å². The van der Waals surface area contributed by atoms with Gasteiger partial charge in [0.05, 0.1) is 0 Å². The number of benzene rings is 1. The van der Waals surface area contributed by atoms with Gasteiger partial charge in [0, 0.05) is 4.83 Å². The van der Waals surface area contributed by atoms with Crippen LogP contribution in [0, 0.1) is 5.41 Å². The first-order valence-electron chi connectivity index (χ1n) is 6.07. The van der Waals surface area contributed by atoms with Gasteiger partial charge >= 0.3 is 6.36 Å².